The van der Waals surface area contributed by atoms with Gasteiger partial charge in [0.05, 0.1) is 43.4 Å². The number of carbonyl (C=O) groups is 19. The monoisotopic (exact) mass is 1990 g/mol. The summed E-state index contributed by atoms with van der Waals surface area (Å²) in [6.45, 7) is 11.4. The average molecular weight is 1990 g/mol. The van der Waals surface area contributed by atoms with Crippen molar-refractivity contribution in [3.63, 3.8) is 0 Å². The normalized spacial score (nSPS) is 15.3. The second-order valence-corrected chi connectivity index (χ2v) is 38.1. The fourth-order valence-electron chi connectivity index (χ4n) is 15.3. The SMILES string of the molecule is CCCC(=O)OCN(C(=O)[C@@H](CC(=O)[C@H]1CCCCN1C)C(C)CC)[C@H](C[C@@H](OC(C)=O)c1nc(C(=O)N[C@@H](Cc2ccc(O)cc2)C[C@H](C)C(=O)CNC(=O)OCCSSC[C@H](CC(=O)[C@H](CC(=O)O)NC(=O)[C@@H](N)CNC(=O)[C@@H](CC(=O)[C@H](Cc2ccccc2)NC(=O)CCCCCCNC(=O)CC[C@H](NC(=O)N[C@@H](CCC(=O)O)OC=O)C(=O)O)Cc2ccccc2)C(=O)O)cs1)C(C)C. The van der Waals surface area contributed by atoms with Gasteiger partial charge in [0.1, 0.15) is 35.1 Å². The fourth-order valence-corrected chi connectivity index (χ4v) is 18.3. The number of thiazole rings is 1. The van der Waals surface area contributed by atoms with Crippen molar-refractivity contribution in [2.45, 2.75) is 257 Å². The number of likely N-dealkylation sites (N-methyl/N-ethyl adjacent to an activating group) is 1. The van der Waals surface area contributed by atoms with Gasteiger partial charge < -0.3 is 97.6 Å². The van der Waals surface area contributed by atoms with E-state index in [0.29, 0.717) is 61.6 Å². The van der Waals surface area contributed by atoms with E-state index >= 15 is 4.79 Å². The van der Waals surface area contributed by atoms with Gasteiger partial charge in [-0.25, -0.2) is 19.4 Å². The van der Waals surface area contributed by atoms with Gasteiger partial charge in [-0.15, -0.1) is 11.3 Å². The molecule has 15 N–H and O–H groups in total. The van der Waals surface area contributed by atoms with Crippen LogP contribution in [0.2, 0.25) is 0 Å². The summed E-state index contributed by atoms with van der Waals surface area (Å²) < 4.78 is 21.6. The Bertz CT molecular complexity index is 4670. The Morgan fingerprint density at radius 2 is 1.30 bits per heavy atom. The van der Waals surface area contributed by atoms with Crippen LogP contribution in [0.3, 0.4) is 0 Å². The summed E-state index contributed by atoms with van der Waals surface area (Å²) in [6.07, 6.45) is -1.18. The molecule has 40 nitrogen and oxygen atoms in total. The molecule has 0 radical (unpaired) electrons. The quantitative estimate of drug-likeness (QED) is 0.00502. The Balaban J connectivity index is 1.11. The number of phenols is 1. The van der Waals surface area contributed by atoms with Gasteiger partial charge in [0.15, 0.2) is 42.2 Å². The number of hydrogen-bond acceptors (Lipinski definition) is 30. The Morgan fingerprint density at radius 3 is 1.92 bits per heavy atom. The molecule has 0 saturated carbocycles. The molecular formula is C95H134N12O28S3. The number of carboxylic acid groups (broad SMARTS) is 4. The minimum atomic E-state index is -1.78. The number of nitrogens with one attached hydrogen (secondary N) is 8. The Kier molecular flexibility index (Phi) is 53.0. The lowest BCUT2D eigenvalue weighted by molar-refractivity contribution is -0.162. The third-order valence-electron chi connectivity index (χ3n) is 23.3. The highest BCUT2D eigenvalue weighted by Gasteiger charge is 2.41. The Labute approximate surface area is 814 Å². The summed E-state index contributed by atoms with van der Waals surface area (Å²) >= 11 is 1.03. The first-order valence-electron chi connectivity index (χ1n) is 46.4. The standard InChI is InChI=1S/C95H134N12O28S3/c1-9-23-86(121)133-55-107(91(125)68(58(5)10-2)48-78(113)74-28-20-22-39-106(74)8)75(57(3)4)50-80(135-60(7)109)90-103-73(54-136-90)89(124)100-66(44-63-30-32-67(110)33-31-63)42-59(6)79(114)52-99-95(131)132-40-41-137-138-53-65(92(126)127)47-77(112)72(49-85(119)120)102-88(123)69(96)51-98-87(122)64(43-61-24-15-13-16-25-61)46-76(111)71(45-62-26-17-14-18-27-62)101-82(116)29-19-11-12-21-38-97-81(115)35-34-70(93(128)129)104-94(130)105-83(134-56-108)36-37-84(117)118/h13-18,24-27,30-33,54,56-59,64-66,68-72,74-75,80,83,110H,9-12,19-23,28-29,34-53,55,96H2,1-8H3,(H,97,115)(H,98,122)(H,99,131)(H,100,124)(H,101,116)(H,102,123)(H,117,118)(H,119,120)(H,126,127)(H,128,129)(H2,104,105,130)/t58?,59-,64+,65-,66+,68-,69-,70-,71-,72-,74+,75+,80+,83+/m0/s1. The van der Waals surface area contributed by atoms with Gasteiger partial charge in [-0.05, 0) is 118 Å². The van der Waals surface area contributed by atoms with Crippen molar-refractivity contribution in [3.8, 4) is 5.75 Å². The van der Waals surface area contributed by atoms with Gasteiger partial charge in [-0.3, -0.25) is 81.6 Å². The van der Waals surface area contributed by atoms with Crippen molar-refractivity contribution in [1.29, 1.82) is 0 Å². The lowest BCUT2D eigenvalue weighted by Crippen LogP contribution is -2.53. The molecule has 4 aromatic rings. The van der Waals surface area contributed by atoms with E-state index < -0.39 is 218 Å². The number of esters is 2. The van der Waals surface area contributed by atoms with Crippen LogP contribution in [0.1, 0.15) is 222 Å². The van der Waals surface area contributed by atoms with Gasteiger partial charge in [0, 0.05) is 118 Å². The van der Waals surface area contributed by atoms with Crippen LogP contribution in [0.4, 0.5) is 9.59 Å². The number of likely N-dealkylation sites (tertiary alicyclic amines) is 1. The highest BCUT2D eigenvalue weighted by molar-refractivity contribution is 8.76. The summed E-state index contributed by atoms with van der Waals surface area (Å²) in [7, 11) is 3.95. The lowest BCUT2D eigenvalue weighted by Gasteiger charge is -2.39. The number of ketones is 4. The van der Waals surface area contributed by atoms with Crippen LogP contribution in [0, 0.1) is 35.5 Å². The number of benzene rings is 3. The van der Waals surface area contributed by atoms with Crippen LogP contribution in [0.5, 0.6) is 5.75 Å². The molecule has 1 unspecified atom stereocenters. The van der Waals surface area contributed by atoms with E-state index in [1.54, 1.807) is 79.7 Å². The molecule has 138 heavy (non-hydrogen) atoms. The summed E-state index contributed by atoms with van der Waals surface area (Å²) in [5, 5.41) is 70.4. The van der Waals surface area contributed by atoms with E-state index in [1.165, 1.54) is 29.3 Å². The zero-order chi connectivity index (χ0) is 102. The second-order valence-electron chi connectivity index (χ2n) is 34.6. The molecule has 43 heteroatoms. The number of aliphatic carboxylic acids is 4. The predicted octanol–water partition coefficient (Wildman–Crippen LogP) is 7.72. The third kappa shape index (κ3) is 44.2. The zero-order valence-electron chi connectivity index (χ0n) is 79.3. The first-order valence-corrected chi connectivity index (χ1v) is 49.7. The van der Waals surface area contributed by atoms with Crippen molar-refractivity contribution in [1.82, 2.24) is 57.3 Å². The van der Waals surface area contributed by atoms with Crippen LogP contribution in [-0.2, 0) is 115 Å². The molecule has 0 spiro atoms. The molecule has 1 aromatic heterocycles. The number of Topliss-reactive ketones (excluding diaryl/α,β-unsaturated/α-hetero) is 4. The predicted molar refractivity (Wildman–Crippen MR) is 509 cm³/mol. The fraction of sp³-hybridized carbons (Fsp3) is 0.579. The number of ether oxygens (including phenoxy) is 4. The van der Waals surface area contributed by atoms with Crippen molar-refractivity contribution in [2.75, 3.05) is 58.1 Å². The molecule has 0 bridgehead atoms. The minimum Gasteiger partial charge on any atom is -0.508 e. The number of phenolic OH excluding ortho intramolecular Hbond substituents is 1. The number of carbonyl (C=O) groups excluding carboxylic acids is 15. The number of urea groups is 1. The molecular weight excluding hydrogens is 1850 g/mol. The highest BCUT2D eigenvalue weighted by atomic mass is 33.1. The molecule has 2 heterocycles. The van der Waals surface area contributed by atoms with Crippen molar-refractivity contribution >= 4 is 146 Å². The van der Waals surface area contributed by atoms with Crippen LogP contribution >= 0.6 is 32.9 Å². The van der Waals surface area contributed by atoms with Crippen molar-refractivity contribution in [2.24, 2.45) is 41.2 Å². The van der Waals surface area contributed by atoms with Crippen LogP contribution < -0.4 is 48.3 Å². The van der Waals surface area contributed by atoms with Gasteiger partial charge >= 0.3 is 47.9 Å². The number of piperidine rings is 1. The number of amides is 9. The number of rotatable bonds is 68. The van der Waals surface area contributed by atoms with E-state index in [2.05, 4.69) is 52.3 Å². The molecule has 5 rings (SSSR count). The van der Waals surface area contributed by atoms with Crippen LogP contribution in [-0.4, -0.2) is 260 Å². The zero-order valence-corrected chi connectivity index (χ0v) is 81.7. The topological polar surface area (TPSA) is 604 Å². The summed E-state index contributed by atoms with van der Waals surface area (Å²) in [6, 6.07) is 14.7. The molecule has 1 aliphatic heterocycles. The maximum absolute atomic E-state index is 15.1. The summed E-state index contributed by atoms with van der Waals surface area (Å²) in [4.78, 5) is 257. The third-order valence-corrected chi connectivity index (χ3v) is 26.7. The maximum Gasteiger partial charge on any atom is 0.407 e. The number of carboxylic acids is 4. The van der Waals surface area contributed by atoms with Crippen molar-refractivity contribution < 1.29 is 136 Å². The average Bonchev–Trinajstić information content (AvgIpc) is 1.20. The number of hydrogen-bond donors (Lipinski definition) is 14. The number of aromatic hydroxyl groups is 1. The molecule has 9 amide bonds. The van der Waals surface area contributed by atoms with Gasteiger partial charge in [0.25, 0.3) is 12.4 Å². The van der Waals surface area contributed by atoms with E-state index in [1.807, 2.05) is 46.6 Å². The molecule has 1 saturated heterocycles. The largest absolute Gasteiger partial charge is 0.508 e. The molecule has 14 atom stereocenters. The molecule has 3 aromatic carbocycles. The van der Waals surface area contributed by atoms with E-state index in [9.17, 15) is 107 Å². The minimum absolute atomic E-state index is 0.00325. The first kappa shape index (κ1) is 117. The van der Waals surface area contributed by atoms with Crippen LogP contribution in [0.25, 0.3) is 0 Å². The van der Waals surface area contributed by atoms with Gasteiger partial charge in [-0.2, -0.15) is 0 Å². The number of unbranched alkanes of at least 4 members (excludes halogenated alkanes) is 3. The smallest absolute Gasteiger partial charge is 0.407 e. The number of nitrogens with zero attached hydrogens (tertiary/aromatic N) is 3. The first-order chi connectivity index (χ1) is 65.7. The number of alkyl carbamates (subject to hydrolysis) is 1. The molecule has 0 aliphatic carbocycles. The lowest BCUT2D eigenvalue weighted by atomic mass is 9.82. The molecule has 1 aliphatic rings. The Morgan fingerprint density at radius 1 is 0.638 bits per heavy atom. The number of aromatic nitrogens is 1. The highest BCUT2D eigenvalue weighted by Crippen LogP contribution is 2.35. The molecule has 760 valence electrons. The maximum atomic E-state index is 15.1. The summed E-state index contributed by atoms with van der Waals surface area (Å²) in [5.74, 6) is -17.5. The summed E-state index contributed by atoms with van der Waals surface area (Å²) in [5.41, 5.74) is 8.20. The molecule has 1 fully saturated rings. The van der Waals surface area contributed by atoms with Crippen LogP contribution in [0.15, 0.2) is 90.3 Å². The second kappa shape index (κ2) is 62.8. The van der Waals surface area contributed by atoms with Crippen molar-refractivity contribution in [3.05, 3.63) is 118 Å². The van der Waals surface area contributed by atoms with E-state index in [-0.39, 0.29) is 142 Å². The van der Waals surface area contributed by atoms with Gasteiger partial charge in [-0.1, -0.05) is 162 Å². The van der Waals surface area contributed by atoms with E-state index in [4.69, 9.17) is 25.1 Å². The number of nitrogens with two attached hydrogens (primary N) is 1. The van der Waals surface area contributed by atoms with E-state index in [0.717, 1.165) is 52.3 Å². The van der Waals surface area contributed by atoms with Gasteiger partial charge in [0.2, 0.25) is 29.5 Å². The Hall–Kier alpha value is -12.0.